The second-order valence-corrected chi connectivity index (χ2v) is 7.15. The van der Waals surface area contributed by atoms with E-state index in [0.29, 0.717) is 12.3 Å². The van der Waals surface area contributed by atoms with Crippen molar-refractivity contribution in [1.82, 2.24) is 4.72 Å². The lowest BCUT2D eigenvalue weighted by molar-refractivity contribution is 0.451. The largest absolute Gasteiger partial charge is 0.212 e. The molecule has 0 amide bonds. The van der Waals surface area contributed by atoms with Gasteiger partial charge in [-0.15, -0.1) is 11.6 Å². The van der Waals surface area contributed by atoms with Gasteiger partial charge < -0.3 is 0 Å². The maximum atomic E-state index is 11.7. The molecule has 1 N–H and O–H groups in total. The number of halogens is 1. The summed E-state index contributed by atoms with van der Waals surface area (Å²) in [4.78, 5) is 0. The molecule has 0 saturated heterocycles. The van der Waals surface area contributed by atoms with Gasteiger partial charge in [0.05, 0.1) is 5.75 Å². The van der Waals surface area contributed by atoms with Gasteiger partial charge in [-0.3, -0.25) is 0 Å². The van der Waals surface area contributed by atoms with Crippen molar-refractivity contribution in [2.24, 2.45) is 5.41 Å². The van der Waals surface area contributed by atoms with E-state index in [1.807, 2.05) is 27.7 Å². The first-order chi connectivity index (χ1) is 6.70. The first kappa shape index (κ1) is 15.2. The van der Waals surface area contributed by atoms with Crippen LogP contribution in [0.5, 0.6) is 0 Å². The molecule has 0 saturated carbocycles. The summed E-state index contributed by atoms with van der Waals surface area (Å²) in [5.74, 6) is 0.634. The first-order valence-electron chi connectivity index (χ1n) is 5.26. The standard InChI is InChI=1S/C10H22ClNO2S/c1-5-9(6-7-11)12-15(13,14)8-10(2,3)4/h9,12H,5-8H2,1-4H3. The minimum Gasteiger partial charge on any atom is -0.212 e. The van der Waals surface area contributed by atoms with Gasteiger partial charge in [-0.2, -0.15) is 0 Å². The number of hydrogen-bond acceptors (Lipinski definition) is 2. The van der Waals surface area contributed by atoms with Crippen molar-refractivity contribution in [3.63, 3.8) is 0 Å². The van der Waals surface area contributed by atoms with Gasteiger partial charge in [0.15, 0.2) is 0 Å². The normalized spacial score (nSPS) is 15.3. The molecule has 5 heteroatoms. The van der Waals surface area contributed by atoms with Crippen molar-refractivity contribution in [2.45, 2.75) is 46.6 Å². The molecule has 1 unspecified atom stereocenters. The highest BCUT2D eigenvalue weighted by Gasteiger charge is 2.23. The molecule has 0 aliphatic rings. The van der Waals surface area contributed by atoms with Gasteiger partial charge in [0, 0.05) is 11.9 Å². The van der Waals surface area contributed by atoms with Crippen LogP contribution in [0.2, 0.25) is 0 Å². The van der Waals surface area contributed by atoms with E-state index in [1.165, 1.54) is 0 Å². The molecule has 0 aromatic carbocycles. The summed E-state index contributed by atoms with van der Waals surface area (Å²) >= 11 is 5.60. The maximum absolute atomic E-state index is 11.7. The molecule has 3 nitrogen and oxygen atoms in total. The Kier molecular flexibility index (Phi) is 6.14. The number of rotatable bonds is 6. The Balaban J connectivity index is 4.36. The number of hydrogen-bond donors (Lipinski definition) is 1. The fourth-order valence-electron chi connectivity index (χ4n) is 1.34. The molecule has 0 aromatic rings. The van der Waals surface area contributed by atoms with Gasteiger partial charge in [0.2, 0.25) is 10.0 Å². The Morgan fingerprint density at radius 2 is 1.87 bits per heavy atom. The first-order valence-corrected chi connectivity index (χ1v) is 7.45. The number of alkyl halides is 1. The molecule has 0 fully saturated rings. The van der Waals surface area contributed by atoms with Crippen LogP contribution in [0.25, 0.3) is 0 Å². The van der Waals surface area contributed by atoms with Gasteiger partial charge >= 0.3 is 0 Å². The van der Waals surface area contributed by atoms with Crippen LogP contribution in [0.4, 0.5) is 0 Å². The molecule has 0 aromatic heterocycles. The average Bonchev–Trinajstić information content (AvgIpc) is 1.98. The summed E-state index contributed by atoms with van der Waals surface area (Å²) < 4.78 is 26.2. The zero-order chi connectivity index (χ0) is 12.1. The van der Waals surface area contributed by atoms with E-state index in [9.17, 15) is 8.42 Å². The van der Waals surface area contributed by atoms with Gasteiger partial charge in [-0.05, 0) is 18.3 Å². The molecular formula is C10H22ClNO2S. The van der Waals surface area contributed by atoms with E-state index < -0.39 is 10.0 Å². The van der Waals surface area contributed by atoms with E-state index in [-0.39, 0.29) is 17.2 Å². The summed E-state index contributed by atoms with van der Waals surface area (Å²) in [6.45, 7) is 7.69. The van der Waals surface area contributed by atoms with E-state index >= 15 is 0 Å². The molecule has 0 aliphatic heterocycles. The smallest absolute Gasteiger partial charge is 0.212 e. The lowest BCUT2D eigenvalue weighted by Gasteiger charge is -2.21. The highest BCUT2D eigenvalue weighted by Crippen LogP contribution is 2.16. The van der Waals surface area contributed by atoms with Gasteiger partial charge in [0.1, 0.15) is 0 Å². The van der Waals surface area contributed by atoms with Crippen LogP contribution in [-0.4, -0.2) is 26.1 Å². The summed E-state index contributed by atoms with van der Waals surface area (Å²) in [7, 11) is -3.18. The average molecular weight is 256 g/mol. The predicted molar refractivity (Wildman–Crippen MR) is 65.8 cm³/mol. The van der Waals surface area contributed by atoms with Crippen molar-refractivity contribution < 1.29 is 8.42 Å². The summed E-state index contributed by atoms with van der Waals surface area (Å²) in [6, 6.07) is -0.0325. The fraction of sp³-hybridized carbons (Fsp3) is 1.00. The van der Waals surface area contributed by atoms with Crippen LogP contribution < -0.4 is 4.72 Å². The third-order valence-corrected chi connectivity index (χ3v) is 4.08. The molecule has 0 radical (unpaired) electrons. The highest BCUT2D eigenvalue weighted by atomic mass is 35.5. The third-order valence-electron chi connectivity index (χ3n) is 1.92. The molecule has 15 heavy (non-hydrogen) atoms. The van der Waals surface area contributed by atoms with Crippen LogP contribution in [0.1, 0.15) is 40.5 Å². The Bertz CT molecular complexity index is 270. The van der Waals surface area contributed by atoms with Crippen molar-refractivity contribution >= 4 is 21.6 Å². The predicted octanol–water partition coefficient (Wildman–Crippen LogP) is 2.36. The molecule has 0 spiro atoms. The van der Waals surface area contributed by atoms with Gasteiger partial charge in [0.25, 0.3) is 0 Å². The molecule has 0 rings (SSSR count). The Hall–Kier alpha value is 0.200. The quantitative estimate of drug-likeness (QED) is 0.741. The van der Waals surface area contributed by atoms with E-state index in [0.717, 1.165) is 6.42 Å². The maximum Gasteiger partial charge on any atom is 0.212 e. The molecule has 0 aliphatic carbocycles. The minimum absolute atomic E-state index is 0.0325. The molecule has 0 bridgehead atoms. The van der Waals surface area contributed by atoms with Gasteiger partial charge in [-0.25, -0.2) is 13.1 Å². The molecule has 92 valence electrons. The molecule has 0 heterocycles. The zero-order valence-corrected chi connectivity index (χ0v) is 11.6. The SMILES string of the molecule is CCC(CCCl)NS(=O)(=O)CC(C)(C)C. The molecular weight excluding hydrogens is 234 g/mol. The van der Waals surface area contributed by atoms with E-state index in [2.05, 4.69) is 4.72 Å². The Morgan fingerprint density at radius 3 is 2.20 bits per heavy atom. The van der Waals surface area contributed by atoms with Crippen molar-refractivity contribution in [1.29, 1.82) is 0 Å². The monoisotopic (exact) mass is 255 g/mol. The van der Waals surface area contributed by atoms with Crippen molar-refractivity contribution in [3.8, 4) is 0 Å². The Labute approximate surface area is 98.6 Å². The van der Waals surface area contributed by atoms with Crippen LogP contribution in [0.15, 0.2) is 0 Å². The van der Waals surface area contributed by atoms with Gasteiger partial charge in [-0.1, -0.05) is 27.7 Å². The lowest BCUT2D eigenvalue weighted by Crippen LogP contribution is -2.39. The number of nitrogens with one attached hydrogen (secondary N) is 1. The summed E-state index contributed by atoms with van der Waals surface area (Å²) in [6.07, 6.45) is 1.46. The third kappa shape index (κ3) is 8.05. The van der Waals surface area contributed by atoms with Crippen LogP contribution in [0, 0.1) is 5.41 Å². The fourth-order valence-corrected chi connectivity index (χ4v) is 3.62. The van der Waals surface area contributed by atoms with Crippen LogP contribution in [-0.2, 0) is 10.0 Å². The lowest BCUT2D eigenvalue weighted by atomic mass is 10.0. The van der Waals surface area contributed by atoms with Crippen molar-refractivity contribution in [3.05, 3.63) is 0 Å². The van der Waals surface area contributed by atoms with Crippen molar-refractivity contribution in [2.75, 3.05) is 11.6 Å². The minimum atomic E-state index is -3.18. The van der Waals surface area contributed by atoms with E-state index in [1.54, 1.807) is 0 Å². The highest BCUT2D eigenvalue weighted by molar-refractivity contribution is 7.89. The van der Waals surface area contributed by atoms with Crippen LogP contribution >= 0.6 is 11.6 Å². The van der Waals surface area contributed by atoms with Crippen LogP contribution in [0.3, 0.4) is 0 Å². The zero-order valence-electron chi connectivity index (χ0n) is 10.0. The second kappa shape index (κ2) is 6.06. The molecule has 1 atom stereocenters. The van der Waals surface area contributed by atoms with E-state index in [4.69, 9.17) is 11.6 Å². The number of sulfonamides is 1. The Morgan fingerprint density at radius 1 is 1.33 bits per heavy atom. The second-order valence-electron chi connectivity index (χ2n) is 5.02. The summed E-state index contributed by atoms with van der Waals surface area (Å²) in [5.41, 5.74) is -0.217. The topological polar surface area (TPSA) is 46.2 Å². The summed E-state index contributed by atoms with van der Waals surface area (Å²) in [5, 5.41) is 0.